The summed E-state index contributed by atoms with van der Waals surface area (Å²) < 4.78 is 68.7. The van der Waals surface area contributed by atoms with E-state index in [9.17, 15) is 31.5 Å². The summed E-state index contributed by atoms with van der Waals surface area (Å²) in [6.07, 6.45) is -6.46. The first-order valence-electron chi connectivity index (χ1n) is 13.0. The Kier molecular flexibility index (Phi) is 7.97. The number of amides is 1. The molecule has 5 aromatic rings. The second-order valence-electron chi connectivity index (χ2n) is 9.98. The molecule has 1 amide bonds. The fourth-order valence-corrected chi connectivity index (χ4v) is 6.30. The minimum Gasteiger partial charge on any atom is -0.529 e. The number of hydrogen-bond donors (Lipinski definition) is 0. The minimum atomic E-state index is -4.66. The number of benzene rings is 4. The number of alkyl halides is 3. The van der Waals surface area contributed by atoms with Gasteiger partial charge in [0.15, 0.2) is 6.09 Å². The van der Waals surface area contributed by atoms with Crippen LogP contribution >= 0.6 is 11.6 Å². The van der Waals surface area contributed by atoms with Crippen LogP contribution in [0.3, 0.4) is 0 Å². The standard InChI is InChI=1S/C31H25ClF3N3O4S/c1-19-7-13-23(14-8-19)43(41,42)37(30(39)40)16-15-21-9-11-22(12-10-21)38-28-18-26(32)25(31(33,34)35)17-27(28)36-29(38)24-6-4-3-5-20(24)2/h3-14,17-18H,15-16H2,1-2H3,(H,39,40)/p-1. The fourth-order valence-electron chi connectivity index (χ4n) is 4.77. The van der Waals surface area contributed by atoms with E-state index in [2.05, 4.69) is 4.98 Å². The van der Waals surface area contributed by atoms with Crippen molar-refractivity contribution in [1.29, 1.82) is 0 Å². The lowest BCUT2D eigenvalue weighted by Crippen LogP contribution is -2.45. The van der Waals surface area contributed by atoms with Crippen molar-refractivity contribution < 1.29 is 31.5 Å². The number of imidazole rings is 1. The fraction of sp³-hybridized carbons (Fsp3) is 0.161. The van der Waals surface area contributed by atoms with E-state index in [4.69, 9.17) is 11.6 Å². The molecular formula is C31H24ClF3N3O4S-. The summed E-state index contributed by atoms with van der Waals surface area (Å²) in [5.74, 6) is 0.406. The summed E-state index contributed by atoms with van der Waals surface area (Å²) in [5, 5.41) is 11.3. The first-order chi connectivity index (χ1) is 20.3. The average molecular weight is 627 g/mol. The number of hydrogen-bond acceptors (Lipinski definition) is 5. The van der Waals surface area contributed by atoms with Gasteiger partial charge in [-0.3, -0.25) is 8.87 Å². The maximum atomic E-state index is 13.6. The molecule has 0 aliphatic heterocycles. The third-order valence-electron chi connectivity index (χ3n) is 7.05. The van der Waals surface area contributed by atoms with Crippen LogP contribution in [0.1, 0.15) is 22.3 Å². The summed E-state index contributed by atoms with van der Waals surface area (Å²) >= 11 is 6.08. The van der Waals surface area contributed by atoms with E-state index >= 15 is 0 Å². The van der Waals surface area contributed by atoms with Gasteiger partial charge < -0.3 is 9.90 Å². The molecule has 222 valence electrons. The Morgan fingerprint density at radius 1 is 0.977 bits per heavy atom. The monoisotopic (exact) mass is 626 g/mol. The van der Waals surface area contributed by atoms with Gasteiger partial charge in [-0.2, -0.15) is 13.2 Å². The van der Waals surface area contributed by atoms with Crippen LogP contribution in [0.15, 0.2) is 89.8 Å². The molecule has 0 saturated heterocycles. The second-order valence-corrected chi connectivity index (χ2v) is 12.2. The van der Waals surface area contributed by atoms with Gasteiger partial charge in [0.05, 0.1) is 26.5 Å². The number of carbonyl (C=O) groups excluding carboxylic acids is 1. The zero-order valence-corrected chi connectivity index (χ0v) is 24.5. The summed E-state index contributed by atoms with van der Waals surface area (Å²) in [6, 6.07) is 22.0. The molecule has 4 aromatic carbocycles. The summed E-state index contributed by atoms with van der Waals surface area (Å²) in [6.45, 7) is 3.27. The van der Waals surface area contributed by atoms with Gasteiger partial charge in [-0.05, 0) is 67.8 Å². The first-order valence-corrected chi connectivity index (χ1v) is 14.8. The molecule has 7 nitrogen and oxygen atoms in total. The van der Waals surface area contributed by atoms with E-state index < -0.39 is 32.9 Å². The highest BCUT2D eigenvalue weighted by molar-refractivity contribution is 7.89. The maximum absolute atomic E-state index is 13.6. The van der Waals surface area contributed by atoms with Crippen LogP contribution in [0.5, 0.6) is 0 Å². The molecule has 43 heavy (non-hydrogen) atoms. The Balaban J connectivity index is 1.51. The molecule has 0 aliphatic carbocycles. The third-order valence-corrected chi connectivity index (χ3v) is 9.14. The highest BCUT2D eigenvalue weighted by atomic mass is 35.5. The van der Waals surface area contributed by atoms with Crippen molar-refractivity contribution in [3.63, 3.8) is 0 Å². The molecule has 0 saturated carbocycles. The van der Waals surface area contributed by atoms with Crippen molar-refractivity contribution >= 4 is 38.8 Å². The maximum Gasteiger partial charge on any atom is 0.417 e. The molecule has 0 aliphatic rings. The number of rotatable bonds is 7. The van der Waals surface area contributed by atoms with Crippen LogP contribution in [-0.2, 0) is 22.6 Å². The highest BCUT2D eigenvalue weighted by Gasteiger charge is 2.34. The molecule has 5 rings (SSSR count). The smallest absolute Gasteiger partial charge is 0.417 e. The van der Waals surface area contributed by atoms with Crippen molar-refractivity contribution in [2.75, 3.05) is 6.54 Å². The van der Waals surface area contributed by atoms with Gasteiger partial charge in [0.25, 0.3) is 10.0 Å². The molecule has 0 N–H and O–H groups in total. The second kappa shape index (κ2) is 11.4. The molecule has 1 heterocycles. The van der Waals surface area contributed by atoms with Crippen LogP contribution in [0, 0.1) is 13.8 Å². The summed E-state index contributed by atoms with van der Waals surface area (Å²) in [4.78, 5) is 16.2. The van der Waals surface area contributed by atoms with Crippen LogP contribution in [0.2, 0.25) is 5.02 Å². The normalized spacial score (nSPS) is 12.0. The highest BCUT2D eigenvalue weighted by Crippen LogP contribution is 2.39. The van der Waals surface area contributed by atoms with Crippen LogP contribution < -0.4 is 5.11 Å². The zero-order chi connectivity index (χ0) is 31.1. The van der Waals surface area contributed by atoms with Gasteiger partial charge >= 0.3 is 6.18 Å². The Bertz CT molecular complexity index is 1940. The molecule has 0 bridgehead atoms. The van der Waals surface area contributed by atoms with E-state index in [1.165, 1.54) is 18.2 Å². The number of aryl methyl sites for hydroxylation is 2. The molecule has 0 spiro atoms. The molecule has 0 fully saturated rings. The van der Waals surface area contributed by atoms with Gasteiger partial charge in [-0.25, -0.2) is 13.4 Å². The Hall–Kier alpha value is -4.35. The number of halogens is 4. The van der Waals surface area contributed by atoms with E-state index in [0.717, 1.165) is 17.2 Å². The van der Waals surface area contributed by atoms with Crippen molar-refractivity contribution in [2.24, 2.45) is 0 Å². The summed E-state index contributed by atoms with van der Waals surface area (Å²) in [7, 11) is -4.35. The van der Waals surface area contributed by atoms with Crippen LogP contribution in [0.25, 0.3) is 28.1 Å². The van der Waals surface area contributed by atoms with Crippen molar-refractivity contribution in [2.45, 2.75) is 31.3 Å². The van der Waals surface area contributed by atoms with Gasteiger partial charge in [-0.15, -0.1) is 0 Å². The van der Waals surface area contributed by atoms with Gasteiger partial charge in [0, 0.05) is 17.8 Å². The zero-order valence-electron chi connectivity index (χ0n) is 22.9. The lowest BCUT2D eigenvalue weighted by atomic mass is 10.1. The average Bonchev–Trinajstić information content (AvgIpc) is 3.30. The minimum absolute atomic E-state index is 0.0510. The van der Waals surface area contributed by atoms with E-state index in [1.54, 1.807) is 54.0 Å². The lowest BCUT2D eigenvalue weighted by molar-refractivity contribution is -0.259. The Morgan fingerprint density at radius 2 is 1.63 bits per heavy atom. The number of carboxylic acid groups (broad SMARTS) is 1. The van der Waals surface area contributed by atoms with Gasteiger partial charge in [-0.1, -0.05) is 65.7 Å². The molecular weight excluding hydrogens is 603 g/mol. The molecule has 0 unspecified atom stereocenters. The SMILES string of the molecule is Cc1ccc(S(=O)(=O)N(CCc2ccc(-n3c(-c4ccccc4C)nc4cc(C(F)(F)F)c(Cl)cc43)cc2)C(=O)[O-])cc1. The Morgan fingerprint density at radius 3 is 2.23 bits per heavy atom. The van der Waals surface area contributed by atoms with Crippen molar-refractivity contribution in [1.82, 2.24) is 13.9 Å². The number of fused-ring (bicyclic) bond motifs is 1. The number of nitrogens with zero attached hydrogens (tertiary/aromatic N) is 3. The van der Waals surface area contributed by atoms with E-state index in [0.29, 0.717) is 32.5 Å². The van der Waals surface area contributed by atoms with Gasteiger partial charge in [0.2, 0.25) is 0 Å². The van der Waals surface area contributed by atoms with Crippen molar-refractivity contribution in [3.8, 4) is 17.1 Å². The molecule has 0 atom stereocenters. The predicted octanol–water partition coefficient (Wildman–Crippen LogP) is 6.56. The summed E-state index contributed by atoms with van der Waals surface area (Å²) in [5.41, 5.74) is 3.03. The largest absolute Gasteiger partial charge is 0.529 e. The Labute approximate surface area is 250 Å². The predicted molar refractivity (Wildman–Crippen MR) is 155 cm³/mol. The molecule has 1 aromatic heterocycles. The first kappa shape index (κ1) is 30.1. The van der Waals surface area contributed by atoms with Crippen LogP contribution in [-0.4, -0.2) is 34.9 Å². The number of sulfonamides is 1. The van der Waals surface area contributed by atoms with Gasteiger partial charge in [0.1, 0.15) is 5.82 Å². The van der Waals surface area contributed by atoms with Crippen LogP contribution in [0.4, 0.5) is 18.0 Å². The molecule has 0 radical (unpaired) electrons. The van der Waals surface area contributed by atoms with Crippen molar-refractivity contribution in [3.05, 3.63) is 112 Å². The number of carbonyl (C=O) groups is 1. The van der Waals surface area contributed by atoms with E-state index in [1.807, 2.05) is 25.1 Å². The van der Waals surface area contributed by atoms with E-state index in [-0.39, 0.29) is 23.4 Å². The molecule has 12 heteroatoms. The lowest BCUT2D eigenvalue weighted by Gasteiger charge is -2.24. The topological polar surface area (TPSA) is 95.3 Å². The number of aromatic nitrogens is 2. The third kappa shape index (κ3) is 5.95. The quantitative estimate of drug-likeness (QED) is 0.204.